The molecule has 0 atom stereocenters. The van der Waals surface area contributed by atoms with Gasteiger partial charge in [-0.05, 0) is 67.2 Å². The monoisotopic (exact) mass is 418 g/mol. The van der Waals surface area contributed by atoms with E-state index in [1.54, 1.807) is 21.3 Å². The second kappa shape index (κ2) is 9.40. The Kier molecular flexibility index (Phi) is 6.42. The quantitative estimate of drug-likeness (QED) is 0.518. The van der Waals surface area contributed by atoms with Gasteiger partial charge in [-0.2, -0.15) is 0 Å². The predicted molar refractivity (Wildman–Crippen MR) is 124 cm³/mol. The number of rotatable bonds is 7. The summed E-state index contributed by atoms with van der Waals surface area (Å²) in [5.41, 5.74) is 6.84. The zero-order chi connectivity index (χ0) is 21.8. The molecule has 162 valence electrons. The predicted octanol–water partition coefficient (Wildman–Crippen LogP) is 5.35. The molecule has 1 saturated heterocycles. The molecule has 1 aromatic heterocycles. The highest BCUT2D eigenvalue weighted by molar-refractivity contribution is 5.79. The highest BCUT2D eigenvalue weighted by Gasteiger charge is 2.17. The molecule has 0 bridgehead atoms. The third-order valence-corrected chi connectivity index (χ3v) is 6.06. The van der Waals surface area contributed by atoms with E-state index in [0.29, 0.717) is 17.2 Å². The number of nitrogens with zero attached hydrogens (tertiary/aromatic N) is 2. The Morgan fingerprint density at radius 1 is 0.806 bits per heavy atom. The van der Waals surface area contributed by atoms with Gasteiger partial charge in [-0.15, -0.1) is 0 Å². The first-order chi connectivity index (χ1) is 15.1. The van der Waals surface area contributed by atoms with Gasteiger partial charge in [0.25, 0.3) is 0 Å². The molecule has 1 fully saturated rings. The lowest BCUT2D eigenvalue weighted by atomic mass is 9.94. The van der Waals surface area contributed by atoms with E-state index in [0.717, 1.165) is 28.8 Å². The van der Waals surface area contributed by atoms with Crippen molar-refractivity contribution < 1.29 is 14.2 Å². The molecule has 0 amide bonds. The SMILES string of the molecule is COc1cc(-c2cncc(-c3ccc(CN4CCCC4)cc3)c2C)cc(OC)c1OC. The summed E-state index contributed by atoms with van der Waals surface area (Å²) in [6.07, 6.45) is 6.46. The Balaban J connectivity index is 1.67. The number of ether oxygens (including phenoxy) is 3. The maximum atomic E-state index is 5.53. The fraction of sp³-hybridized carbons (Fsp3) is 0.346. The van der Waals surface area contributed by atoms with Gasteiger partial charge in [0, 0.05) is 30.1 Å². The van der Waals surface area contributed by atoms with E-state index in [-0.39, 0.29) is 0 Å². The Hall–Kier alpha value is -3.05. The van der Waals surface area contributed by atoms with Crippen LogP contribution in [0.4, 0.5) is 0 Å². The van der Waals surface area contributed by atoms with E-state index in [1.165, 1.54) is 37.1 Å². The fourth-order valence-corrected chi connectivity index (χ4v) is 4.33. The zero-order valence-electron chi connectivity index (χ0n) is 18.8. The smallest absolute Gasteiger partial charge is 0.203 e. The van der Waals surface area contributed by atoms with Crippen LogP contribution < -0.4 is 14.2 Å². The van der Waals surface area contributed by atoms with E-state index in [2.05, 4.69) is 41.1 Å². The van der Waals surface area contributed by atoms with E-state index >= 15 is 0 Å². The highest BCUT2D eigenvalue weighted by Crippen LogP contribution is 2.42. The van der Waals surface area contributed by atoms with Gasteiger partial charge in [-0.3, -0.25) is 9.88 Å². The van der Waals surface area contributed by atoms with Crippen LogP contribution >= 0.6 is 0 Å². The number of hydrogen-bond acceptors (Lipinski definition) is 5. The summed E-state index contributed by atoms with van der Waals surface area (Å²) in [4.78, 5) is 7.06. The Bertz CT molecular complexity index is 1020. The molecule has 5 heteroatoms. The summed E-state index contributed by atoms with van der Waals surface area (Å²) in [6, 6.07) is 12.8. The standard InChI is InChI=1S/C26H30N2O3/c1-18-22(20-9-7-19(8-10-20)17-28-11-5-6-12-28)15-27-16-23(18)21-13-24(29-2)26(31-4)25(14-21)30-3/h7-10,13-16H,5-6,11-12,17H2,1-4H3. The fourth-order valence-electron chi connectivity index (χ4n) is 4.33. The van der Waals surface area contributed by atoms with Crippen molar-refractivity contribution in [3.05, 3.63) is 59.9 Å². The Morgan fingerprint density at radius 3 is 1.94 bits per heavy atom. The first-order valence-electron chi connectivity index (χ1n) is 10.7. The van der Waals surface area contributed by atoms with Crippen LogP contribution in [-0.2, 0) is 6.54 Å². The van der Waals surface area contributed by atoms with Crippen LogP contribution in [0.2, 0.25) is 0 Å². The van der Waals surface area contributed by atoms with Crippen molar-refractivity contribution in [2.45, 2.75) is 26.3 Å². The number of likely N-dealkylation sites (tertiary alicyclic amines) is 1. The molecule has 0 saturated carbocycles. The van der Waals surface area contributed by atoms with Crippen molar-refractivity contribution in [3.63, 3.8) is 0 Å². The molecule has 0 aliphatic carbocycles. The van der Waals surface area contributed by atoms with Gasteiger partial charge in [-0.1, -0.05) is 24.3 Å². The normalized spacial score (nSPS) is 13.9. The van der Waals surface area contributed by atoms with E-state index in [4.69, 9.17) is 14.2 Å². The third-order valence-electron chi connectivity index (χ3n) is 6.06. The molecule has 0 unspecified atom stereocenters. The first kappa shape index (κ1) is 21.2. The van der Waals surface area contributed by atoms with Crippen molar-refractivity contribution in [1.29, 1.82) is 0 Å². The Labute approximate surface area is 184 Å². The lowest BCUT2D eigenvalue weighted by molar-refractivity contribution is 0.324. The molecule has 4 rings (SSSR count). The van der Waals surface area contributed by atoms with Crippen molar-refractivity contribution >= 4 is 0 Å². The summed E-state index contributed by atoms with van der Waals surface area (Å²) in [5.74, 6) is 1.85. The molecule has 0 radical (unpaired) electrons. The number of aromatic nitrogens is 1. The molecule has 1 aliphatic rings. The van der Waals surface area contributed by atoms with Crippen LogP contribution in [0, 0.1) is 6.92 Å². The lowest BCUT2D eigenvalue weighted by Crippen LogP contribution is -2.18. The lowest BCUT2D eigenvalue weighted by Gasteiger charge is -2.17. The minimum Gasteiger partial charge on any atom is -0.493 e. The van der Waals surface area contributed by atoms with Crippen LogP contribution in [0.15, 0.2) is 48.8 Å². The van der Waals surface area contributed by atoms with E-state index in [1.807, 2.05) is 24.5 Å². The van der Waals surface area contributed by atoms with Gasteiger partial charge in [-0.25, -0.2) is 0 Å². The second-order valence-electron chi connectivity index (χ2n) is 7.95. The number of hydrogen-bond donors (Lipinski definition) is 0. The van der Waals surface area contributed by atoms with Gasteiger partial charge < -0.3 is 14.2 Å². The molecule has 3 aromatic rings. The number of pyridine rings is 1. The van der Waals surface area contributed by atoms with Gasteiger partial charge in [0.2, 0.25) is 5.75 Å². The average molecular weight is 419 g/mol. The van der Waals surface area contributed by atoms with Crippen LogP contribution in [0.3, 0.4) is 0 Å². The van der Waals surface area contributed by atoms with Crippen LogP contribution in [0.25, 0.3) is 22.3 Å². The molecule has 31 heavy (non-hydrogen) atoms. The van der Waals surface area contributed by atoms with Crippen molar-refractivity contribution in [2.24, 2.45) is 0 Å². The molecule has 2 heterocycles. The van der Waals surface area contributed by atoms with E-state index in [9.17, 15) is 0 Å². The molecular formula is C26H30N2O3. The van der Waals surface area contributed by atoms with Gasteiger partial charge in [0.15, 0.2) is 11.5 Å². The first-order valence-corrected chi connectivity index (χ1v) is 10.7. The van der Waals surface area contributed by atoms with Crippen LogP contribution in [0.5, 0.6) is 17.2 Å². The average Bonchev–Trinajstić information content (AvgIpc) is 3.32. The molecule has 0 N–H and O–H groups in total. The van der Waals surface area contributed by atoms with Gasteiger partial charge >= 0.3 is 0 Å². The molecule has 1 aliphatic heterocycles. The van der Waals surface area contributed by atoms with Crippen molar-refractivity contribution in [1.82, 2.24) is 9.88 Å². The molecule has 5 nitrogen and oxygen atoms in total. The maximum absolute atomic E-state index is 5.53. The largest absolute Gasteiger partial charge is 0.493 e. The summed E-state index contributed by atoms with van der Waals surface area (Å²) < 4.78 is 16.5. The topological polar surface area (TPSA) is 43.8 Å². The molecule has 2 aromatic carbocycles. The van der Waals surface area contributed by atoms with E-state index < -0.39 is 0 Å². The summed E-state index contributed by atoms with van der Waals surface area (Å²) in [6.45, 7) is 5.58. The Morgan fingerprint density at radius 2 is 1.39 bits per heavy atom. The highest BCUT2D eigenvalue weighted by atomic mass is 16.5. The van der Waals surface area contributed by atoms with Crippen LogP contribution in [-0.4, -0.2) is 44.3 Å². The minimum absolute atomic E-state index is 0.587. The maximum Gasteiger partial charge on any atom is 0.203 e. The second-order valence-corrected chi connectivity index (χ2v) is 7.95. The summed E-state index contributed by atoms with van der Waals surface area (Å²) in [7, 11) is 4.87. The van der Waals surface area contributed by atoms with Gasteiger partial charge in [0.1, 0.15) is 0 Å². The number of benzene rings is 2. The summed E-state index contributed by atoms with van der Waals surface area (Å²) >= 11 is 0. The number of methoxy groups -OCH3 is 3. The minimum atomic E-state index is 0.587. The molecule has 0 spiro atoms. The zero-order valence-corrected chi connectivity index (χ0v) is 18.8. The summed E-state index contributed by atoms with van der Waals surface area (Å²) in [5, 5.41) is 0. The van der Waals surface area contributed by atoms with Gasteiger partial charge in [0.05, 0.1) is 21.3 Å². The molecular weight excluding hydrogens is 388 g/mol. The van der Waals surface area contributed by atoms with Crippen molar-refractivity contribution in [2.75, 3.05) is 34.4 Å². The van der Waals surface area contributed by atoms with Crippen LogP contribution in [0.1, 0.15) is 24.0 Å². The third kappa shape index (κ3) is 4.37. The van der Waals surface area contributed by atoms with Crippen molar-refractivity contribution in [3.8, 4) is 39.5 Å².